The SMILES string of the molecule is Cc1cccc(C)c1OC[C@H](O)C[NH2+][C@H](C)c1ccccc1. The van der Waals surface area contributed by atoms with Gasteiger partial charge in [-0.05, 0) is 31.9 Å². The maximum atomic E-state index is 10.1. The molecule has 0 unspecified atom stereocenters. The second kappa shape index (κ2) is 7.97. The van der Waals surface area contributed by atoms with Crippen LogP contribution in [0.3, 0.4) is 0 Å². The number of nitrogens with two attached hydrogens (primary N) is 1. The van der Waals surface area contributed by atoms with E-state index < -0.39 is 6.10 Å². The van der Waals surface area contributed by atoms with Crippen molar-refractivity contribution < 1.29 is 15.2 Å². The molecule has 0 fully saturated rings. The molecule has 0 radical (unpaired) electrons. The molecule has 2 rings (SSSR count). The Hall–Kier alpha value is -1.84. The van der Waals surface area contributed by atoms with Crippen LogP contribution in [-0.4, -0.2) is 24.4 Å². The summed E-state index contributed by atoms with van der Waals surface area (Å²) in [4.78, 5) is 0. The summed E-state index contributed by atoms with van der Waals surface area (Å²) < 4.78 is 5.80. The summed E-state index contributed by atoms with van der Waals surface area (Å²) in [5, 5.41) is 12.3. The molecule has 0 spiro atoms. The van der Waals surface area contributed by atoms with Gasteiger partial charge in [-0.2, -0.15) is 0 Å². The van der Waals surface area contributed by atoms with E-state index >= 15 is 0 Å². The molecule has 0 saturated heterocycles. The number of benzene rings is 2. The first-order chi connectivity index (χ1) is 10.6. The lowest BCUT2D eigenvalue weighted by atomic mass is 10.1. The lowest BCUT2D eigenvalue weighted by Gasteiger charge is -2.17. The van der Waals surface area contributed by atoms with Crippen LogP contribution in [0, 0.1) is 13.8 Å². The van der Waals surface area contributed by atoms with Gasteiger partial charge in [0.05, 0.1) is 0 Å². The molecule has 0 aliphatic heterocycles. The largest absolute Gasteiger partial charge is 0.490 e. The van der Waals surface area contributed by atoms with Gasteiger partial charge in [-0.15, -0.1) is 0 Å². The second-order valence-corrected chi connectivity index (χ2v) is 5.86. The molecule has 0 amide bonds. The zero-order chi connectivity index (χ0) is 15.9. The summed E-state index contributed by atoms with van der Waals surface area (Å²) in [5.74, 6) is 0.887. The molecule has 0 aliphatic rings. The van der Waals surface area contributed by atoms with Crippen LogP contribution in [0.25, 0.3) is 0 Å². The fourth-order valence-electron chi connectivity index (χ4n) is 2.53. The Kier molecular flexibility index (Phi) is 5.99. The second-order valence-electron chi connectivity index (χ2n) is 5.86. The van der Waals surface area contributed by atoms with Gasteiger partial charge in [0.2, 0.25) is 0 Å². The van der Waals surface area contributed by atoms with Crippen LogP contribution >= 0.6 is 0 Å². The van der Waals surface area contributed by atoms with E-state index in [0.717, 1.165) is 16.9 Å². The number of aliphatic hydroxyl groups excluding tert-OH is 1. The first-order valence-corrected chi connectivity index (χ1v) is 7.83. The van der Waals surface area contributed by atoms with E-state index in [1.165, 1.54) is 5.56 Å². The third-order valence-corrected chi connectivity index (χ3v) is 3.92. The lowest BCUT2D eigenvalue weighted by molar-refractivity contribution is -0.698. The lowest BCUT2D eigenvalue weighted by Crippen LogP contribution is -2.87. The average molecular weight is 300 g/mol. The van der Waals surface area contributed by atoms with Crippen molar-refractivity contribution in [3.8, 4) is 5.75 Å². The van der Waals surface area contributed by atoms with Gasteiger partial charge in [0.25, 0.3) is 0 Å². The van der Waals surface area contributed by atoms with Gasteiger partial charge in [0.1, 0.15) is 31.0 Å². The number of rotatable bonds is 7. The molecule has 2 aromatic carbocycles. The van der Waals surface area contributed by atoms with Gasteiger partial charge >= 0.3 is 0 Å². The van der Waals surface area contributed by atoms with Crippen LogP contribution in [0.5, 0.6) is 5.75 Å². The van der Waals surface area contributed by atoms with E-state index in [0.29, 0.717) is 19.2 Å². The van der Waals surface area contributed by atoms with E-state index in [1.54, 1.807) is 0 Å². The van der Waals surface area contributed by atoms with Gasteiger partial charge in [-0.1, -0.05) is 48.5 Å². The highest BCUT2D eigenvalue weighted by molar-refractivity contribution is 5.39. The minimum atomic E-state index is -0.481. The van der Waals surface area contributed by atoms with Crippen molar-refractivity contribution in [1.82, 2.24) is 0 Å². The molecular formula is C19H26NO2+. The maximum absolute atomic E-state index is 10.1. The summed E-state index contributed by atoms with van der Waals surface area (Å²) in [7, 11) is 0. The number of hydrogen-bond donors (Lipinski definition) is 2. The third kappa shape index (κ3) is 4.58. The number of para-hydroxylation sites is 1. The molecule has 0 heterocycles. The number of aliphatic hydroxyl groups is 1. The zero-order valence-electron chi connectivity index (χ0n) is 13.6. The first-order valence-electron chi connectivity index (χ1n) is 7.83. The predicted molar refractivity (Wildman–Crippen MR) is 89.1 cm³/mol. The third-order valence-electron chi connectivity index (χ3n) is 3.92. The van der Waals surface area contributed by atoms with Crippen molar-refractivity contribution in [2.45, 2.75) is 32.9 Å². The summed E-state index contributed by atoms with van der Waals surface area (Å²) >= 11 is 0. The van der Waals surface area contributed by atoms with Gasteiger partial charge < -0.3 is 15.2 Å². The van der Waals surface area contributed by atoms with Crippen molar-refractivity contribution >= 4 is 0 Å². The summed E-state index contributed by atoms with van der Waals surface area (Å²) in [6, 6.07) is 16.7. The molecule has 3 N–H and O–H groups in total. The van der Waals surface area contributed by atoms with Crippen molar-refractivity contribution in [3.05, 3.63) is 65.2 Å². The summed E-state index contributed by atoms with van der Waals surface area (Å²) in [5.41, 5.74) is 3.48. The molecule has 2 atom stereocenters. The summed E-state index contributed by atoms with van der Waals surface area (Å²) in [6.07, 6.45) is -0.481. The number of hydrogen-bond acceptors (Lipinski definition) is 2. The molecular weight excluding hydrogens is 274 g/mol. The van der Waals surface area contributed by atoms with Crippen LogP contribution in [0.4, 0.5) is 0 Å². The van der Waals surface area contributed by atoms with Crippen LogP contribution < -0.4 is 10.1 Å². The monoisotopic (exact) mass is 300 g/mol. The van der Waals surface area contributed by atoms with Gasteiger partial charge in [-0.25, -0.2) is 0 Å². The maximum Gasteiger partial charge on any atom is 0.137 e. The van der Waals surface area contributed by atoms with E-state index in [9.17, 15) is 5.11 Å². The number of ether oxygens (including phenoxy) is 1. The minimum Gasteiger partial charge on any atom is -0.490 e. The van der Waals surface area contributed by atoms with Crippen molar-refractivity contribution in [2.24, 2.45) is 0 Å². The zero-order valence-corrected chi connectivity index (χ0v) is 13.6. The number of aryl methyl sites for hydroxylation is 2. The average Bonchev–Trinajstić information content (AvgIpc) is 2.53. The first kappa shape index (κ1) is 16.5. The van der Waals surface area contributed by atoms with Crippen LogP contribution in [-0.2, 0) is 0 Å². The Labute approximate surface area is 133 Å². The molecule has 0 aromatic heterocycles. The van der Waals surface area contributed by atoms with Crippen LogP contribution in [0.2, 0.25) is 0 Å². The molecule has 0 saturated carbocycles. The predicted octanol–water partition coefficient (Wildman–Crippen LogP) is 2.37. The minimum absolute atomic E-state index is 0.323. The molecule has 3 heteroatoms. The Morgan fingerprint density at radius 2 is 1.64 bits per heavy atom. The van der Waals surface area contributed by atoms with Crippen molar-refractivity contribution in [3.63, 3.8) is 0 Å². The summed E-state index contributed by atoms with van der Waals surface area (Å²) in [6.45, 7) is 7.15. The van der Waals surface area contributed by atoms with Crippen LogP contribution in [0.15, 0.2) is 48.5 Å². The van der Waals surface area contributed by atoms with Gasteiger partial charge in [0, 0.05) is 5.56 Å². The van der Waals surface area contributed by atoms with Crippen molar-refractivity contribution in [2.75, 3.05) is 13.2 Å². The van der Waals surface area contributed by atoms with E-state index in [-0.39, 0.29) is 0 Å². The molecule has 118 valence electrons. The molecule has 0 aliphatic carbocycles. The van der Waals surface area contributed by atoms with E-state index in [4.69, 9.17) is 4.74 Å². The standard InChI is InChI=1S/C19H25NO2/c1-14-8-7-9-15(2)19(14)22-13-18(21)12-20-16(3)17-10-5-4-6-11-17/h4-11,16,18,20-21H,12-13H2,1-3H3/p+1/t16-,18-/m1/s1. The smallest absolute Gasteiger partial charge is 0.137 e. The van der Waals surface area contributed by atoms with Gasteiger partial charge in [0.15, 0.2) is 0 Å². The highest BCUT2D eigenvalue weighted by Gasteiger charge is 2.13. The Bertz CT molecular complexity index is 563. The fraction of sp³-hybridized carbons (Fsp3) is 0.368. The highest BCUT2D eigenvalue weighted by Crippen LogP contribution is 2.22. The topological polar surface area (TPSA) is 46.1 Å². The number of quaternary nitrogens is 1. The quantitative estimate of drug-likeness (QED) is 0.824. The Morgan fingerprint density at radius 1 is 1.00 bits per heavy atom. The van der Waals surface area contributed by atoms with E-state index in [1.807, 2.05) is 50.2 Å². The van der Waals surface area contributed by atoms with Gasteiger partial charge in [-0.3, -0.25) is 0 Å². The highest BCUT2D eigenvalue weighted by atomic mass is 16.5. The molecule has 2 aromatic rings. The van der Waals surface area contributed by atoms with Crippen LogP contribution in [0.1, 0.15) is 29.7 Å². The fourth-order valence-corrected chi connectivity index (χ4v) is 2.53. The molecule has 22 heavy (non-hydrogen) atoms. The van der Waals surface area contributed by atoms with Crippen molar-refractivity contribution in [1.29, 1.82) is 0 Å². The Balaban J connectivity index is 1.80. The Morgan fingerprint density at radius 3 is 2.27 bits per heavy atom. The van der Waals surface area contributed by atoms with E-state index in [2.05, 4.69) is 24.4 Å². The molecule has 3 nitrogen and oxygen atoms in total. The molecule has 0 bridgehead atoms. The normalized spacial score (nSPS) is 13.6.